The van der Waals surface area contributed by atoms with Crippen LogP contribution in [0.1, 0.15) is 36.8 Å². The molecule has 0 aliphatic carbocycles. The van der Waals surface area contributed by atoms with Gasteiger partial charge in [0.25, 0.3) is 0 Å². The minimum atomic E-state index is -0.202. The third kappa shape index (κ3) is 3.79. The molecule has 20 heavy (non-hydrogen) atoms. The second kappa shape index (κ2) is 6.84. The fraction of sp³-hybridized carbons (Fsp3) is 0.562. The van der Waals surface area contributed by atoms with Crippen LogP contribution in [-0.2, 0) is 16.1 Å². The predicted octanol–water partition coefficient (Wildman–Crippen LogP) is 3.05. The molecule has 1 heterocycles. The van der Waals surface area contributed by atoms with Crippen LogP contribution in [-0.4, -0.2) is 30.6 Å². The second-order valence-corrected chi connectivity index (χ2v) is 5.47. The molecule has 0 spiro atoms. The van der Waals surface area contributed by atoms with Gasteiger partial charge in [-0.3, -0.25) is 9.69 Å². The average Bonchev–Trinajstić information content (AvgIpc) is 2.44. The third-order valence-electron chi connectivity index (χ3n) is 4.06. The normalized spacial score (nSPS) is 19.9. The van der Waals surface area contributed by atoms with E-state index in [1.54, 1.807) is 6.07 Å². The van der Waals surface area contributed by atoms with Gasteiger partial charge in [0.15, 0.2) is 0 Å². The van der Waals surface area contributed by atoms with Gasteiger partial charge in [0.2, 0.25) is 0 Å². The molecule has 1 atom stereocenters. The largest absolute Gasteiger partial charge is 0.469 e. The SMILES string of the molecule is COC(=O)CC1CCCCN1Cc1cc(F)ccc1C. The first-order valence-electron chi connectivity index (χ1n) is 7.16. The summed E-state index contributed by atoms with van der Waals surface area (Å²) >= 11 is 0. The molecule has 0 saturated carbocycles. The lowest BCUT2D eigenvalue weighted by atomic mass is 9.97. The number of halogens is 1. The van der Waals surface area contributed by atoms with Crippen molar-refractivity contribution in [1.82, 2.24) is 4.90 Å². The van der Waals surface area contributed by atoms with Gasteiger partial charge >= 0.3 is 5.97 Å². The van der Waals surface area contributed by atoms with Gasteiger partial charge in [-0.25, -0.2) is 4.39 Å². The lowest BCUT2D eigenvalue weighted by Crippen LogP contribution is -2.40. The average molecular weight is 279 g/mol. The highest BCUT2D eigenvalue weighted by Gasteiger charge is 2.25. The molecule has 0 bridgehead atoms. The molecular weight excluding hydrogens is 257 g/mol. The van der Waals surface area contributed by atoms with Crippen molar-refractivity contribution < 1.29 is 13.9 Å². The van der Waals surface area contributed by atoms with E-state index in [1.165, 1.54) is 13.2 Å². The molecule has 2 rings (SSSR count). The van der Waals surface area contributed by atoms with Gasteiger partial charge in [-0.2, -0.15) is 0 Å². The summed E-state index contributed by atoms with van der Waals surface area (Å²) in [6, 6.07) is 5.10. The Morgan fingerprint density at radius 1 is 1.45 bits per heavy atom. The van der Waals surface area contributed by atoms with Crippen molar-refractivity contribution in [2.75, 3.05) is 13.7 Å². The maximum Gasteiger partial charge on any atom is 0.307 e. The highest BCUT2D eigenvalue weighted by atomic mass is 19.1. The Kier molecular flexibility index (Phi) is 5.12. The summed E-state index contributed by atoms with van der Waals surface area (Å²) in [4.78, 5) is 13.8. The first-order valence-corrected chi connectivity index (χ1v) is 7.16. The zero-order valence-corrected chi connectivity index (χ0v) is 12.2. The monoisotopic (exact) mass is 279 g/mol. The standard InChI is InChI=1S/C16H22FNO2/c1-12-6-7-14(17)9-13(12)11-18-8-4-3-5-15(18)10-16(19)20-2/h6-7,9,15H,3-5,8,10-11H2,1-2H3. The molecule has 1 aliphatic rings. The summed E-state index contributed by atoms with van der Waals surface area (Å²) in [5.74, 6) is -0.370. The summed E-state index contributed by atoms with van der Waals surface area (Å²) in [6.45, 7) is 3.65. The maximum atomic E-state index is 13.4. The van der Waals surface area contributed by atoms with E-state index in [-0.39, 0.29) is 17.8 Å². The topological polar surface area (TPSA) is 29.5 Å². The number of esters is 1. The van der Waals surface area contributed by atoms with E-state index in [4.69, 9.17) is 4.74 Å². The lowest BCUT2D eigenvalue weighted by molar-refractivity contribution is -0.142. The summed E-state index contributed by atoms with van der Waals surface area (Å²) in [5, 5.41) is 0. The first kappa shape index (κ1) is 15.0. The Morgan fingerprint density at radius 3 is 3.00 bits per heavy atom. The first-order chi connectivity index (χ1) is 9.60. The molecule has 1 aliphatic heterocycles. The van der Waals surface area contributed by atoms with Crippen LogP contribution >= 0.6 is 0 Å². The molecule has 110 valence electrons. The lowest BCUT2D eigenvalue weighted by Gasteiger charge is -2.35. The van der Waals surface area contributed by atoms with E-state index in [0.717, 1.165) is 36.9 Å². The number of likely N-dealkylation sites (tertiary alicyclic amines) is 1. The fourth-order valence-electron chi connectivity index (χ4n) is 2.80. The smallest absolute Gasteiger partial charge is 0.307 e. The van der Waals surface area contributed by atoms with E-state index >= 15 is 0 Å². The number of ether oxygens (including phenoxy) is 1. The summed E-state index contributed by atoms with van der Waals surface area (Å²) in [7, 11) is 1.42. The van der Waals surface area contributed by atoms with Crippen LogP contribution in [0.3, 0.4) is 0 Å². The molecule has 1 saturated heterocycles. The highest BCUT2D eigenvalue weighted by molar-refractivity contribution is 5.69. The van der Waals surface area contributed by atoms with Crippen molar-refractivity contribution in [3.63, 3.8) is 0 Å². The van der Waals surface area contributed by atoms with Crippen LogP contribution in [0.25, 0.3) is 0 Å². The van der Waals surface area contributed by atoms with Crippen molar-refractivity contribution >= 4 is 5.97 Å². The Labute approximate surface area is 119 Å². The molecule has 0 N–H and O–H groups in total. The number of nitrogens with zero attached hydrogens (tertiary/aromatic N) is 1. The Morgan fingerprint density at radius 2 is 2.25 bits per heavy atom. The van der Waals surface area contributed by atoms with Gasteiger partial charge in [-0.1, -0.05) is 12.5 Å². The quantitative estimate of drug-likeness (QED) is 0.793. The van der Waals surface area contributed by atoms with Crippen LogP contribution in [0.15, 0.2) is 18.2 Å². The predicted molar refractivity (Wildman–Crippen MR) is 75.8 cm³/mol. The van der Waals surface area contributed by atoms with Crippen molar-refractivity contribution in [1.29, 1.82) is 0 Å². The molecule has 1 unspecified atom stereocenters. The van der Waals surface area contributed by atoms with Gasteiger partial charge in [0.05, 0.1) is 13.5 Å². The summed E-state index contributed by atoms with van der Waals surface area (Å²) < 4.78 is 18.1. The Balaban J connectivity index is 2.08. The van der Waals surface area contributed by atoms with Crippen molar-refractivity contribution in [2.24, 2.45) is 0 Å². The van der Waals surface area contributed by atoms with Gasteiger partial charge in [-0.05, 0) is 49.6 Å². The van der Waals surface area contributed by atoms with Gasteiger partial charge in [0.1, 0.15) is 5.82 Å². The Hall–Kier alpha value is -1.42. The van der Waals surface area contributed by atoms with E-state index in [9.17, 15) is 9.18 Å². The van der Waals surface area contributed by atoms with Crippen LogP contribution in [0.2, 0.25) is 0 Å². The number of aryl methyl sites for hydroxylation is 1. The van der Waals surface area contributed by atoms with E-state index in [2.05, 4.69) is 4.90 Å². The van der Waals surface area contributed by atoms with E-state index < -0.39 is 0 Å². The van der Waals surface area contributed by atoms with Crippen LogP contribution in [0.4, 0.5) is 4.39 Å². The zero-order chi connectivity index (χ0) is 14.5. The number of hydrogen-bond acceptors (Lipinski definition) is 3. The molecule has 0 radical (unpaired) electrons. The van der Waals surface area contributed by atoms with Crippen molar-refractivity contribution in [3.05, 3.63) is 35.1 Å². The molecule has 4 heteroatoms. The fourth-order valence-corrected chi connectivity index (χ4v) is 2.80. The third-order valence-corrected chi connectivity index (χ3v) is 4.06. The molecule has 1 aromatic rings. The molecular formula is C16H22FNO2. The number of piperidine rings is 1. The molecule has 1 aromatic carbocycles. The molecule has 3 nitrogen and oxygen atoms in total. The number of carbonyl (C=O) groups is 1. The minimum Gasteiger partial charge on any atom is -0.469 e. The number of methoxy groups -OCH3 is 1. The van der Waals surface area contributed by atoms with E-state index in [1.807, 2.05) is 13.0 Å². The van der Waals surface area contributed by atoms with Crippen LogP contribution < -0.4 is 0 Å². The summed E-state index contributed by atoms with van der Waals surface area (Å²) in [5.41, 5.74) is 2.09. The second-order valence-electron chi connectivity index (χ2n) is 5.47. The van der Waals surface area contributed by atoms with Crippen molar-refractivity contribution in [2.45, 2.75) is 45.2 Å². The summed E-state index contributed by atoms with van der Waals surface area (Å²) in [6.07, 6.45) is 3.70. The van der Waals surface area contributed by atoms with E-state index in [0.29, 0.717) is 13.0 Å². The molecule has 0 amide bonds. The minimum absolute atomic E-state index is 0.169. The number of carbonyl (C=O) groups excluding carboxylic acids is 1. The zero-order valence-electron chi connectivity index (χ0n) is 12.2. The van der Waals surface area contributed by atoms with Gasteiger partial charge in [0, 0.05) is 12.6 Å². The number of hydrogen-bond donors (Lipinski definition) is 0. The molecule has 0 aromatic heterocycles. The van der Waals surface area contributed by atoms with Gasteiger partial charge in [-0.15, -0.1) is 0 Å². The number of benzene rings is 1. The van der Waals surface area contributed by atoms with Crippen LogP contribution in [0.5, 0.6) is 0 Å². The maximum absolute atomic E-state index is 13.4. The number of rotatable bonds is 4. The van der Waals surface area contributed by atoms with Crippen molar-refractivity contribution in [3.8, 4) is 0 Å². The van der Waals surface area contributed by atoms with Crippen LogP contribution in [0, 0.1) is 12.7 Å². The molecule has 1 fully saturated rings. The van der Waals surface area contributed by atoms with Gasteiger partial charge < -0.3 is 4.74 Å². The highest BCUT2D eigenvalue weighted by Crippen LogP contribution is 2.23. The Bertz CT molecular complexity index is 476.